The van der Waals surface area contributed by atoms with Crippen molar-refractivity contribution in [2.24, 2.45) is 5.73 Å². The quantitative estimate of drug-likeness (QED) is 0.879. The molecule has 0 aliphatic carbocycles. The van der Waals surface area contributed by atoms with Gasteiger partial charge in [0.2, 0.25) is 0 Å². The monoisotopic (exact) mass is 271 g/mol. The molecule has 3 nitrogen and oxygen atoms in total. The van der Waals surface area contributed by atoms with Crippen molar-refractivity contribution in [1.29, 1.82) is 0 Å². The lowest BCUT2D eigenvalue weighted by atomic mass is 10.1. The van der Waals surface area contributed by atoms with Crippen molar-refractivity contribution in [1.82, 2.24) is 0 Å². The zero-order chi connectivity index (χ0) is 14.5. The molecule has 0 bridgehead atoms. The minimum absolute atomic E-state index is 0.244. The van der Waals surface area contributed by atoms with Crippen molar-refractivity contribution >= 4 is 0 Å². The van der Waals surface area contributed by atoms with Gasteiger partial charge < -0.3 is 15.6 Å². The van der Waals surface area contributed by atoms with E-state index in [2.05, 4.69) is 0 Å². The summed E-state index contributed by atoms with van der Waals surface area (Å²) in [7, 11) is 0. The van der Waals surface area contributed by atoms with E-state index in [9.17, 15) is 5.11 Å². The summed E-state index contributed by atoms with van der Waals surface area (Å²) >= 11 is 0. The molecule has 2 aromatic carbocycles. The Balaban J connectivity index is 2.02. The van der Waals surface area contributed by atoms with E-state index in [0.29, 0.717) is 6.54 Å². The molecule has 0 spiro atoms. The normalized spacial score (nSPS) is 12.2. The maximum atomic E-state index is 10.2. The smallest absolute Gasteiger partial charge is 0.125 e. The second-order valence-electron chi connectivity index (χ2n) is 4.99. The number of aliphatic hydroxyl groups excluding tert-OH is 1. The Morgan fingerprint density at radius 2 is 1.65 bits per heavy atom. The van der Waals surface area contributed by atoms with E-state index in [1.54, 1.807) is 0 Å². The Labute approximate surface area is 120 Å². The Morgan fingerprint density at radius 1 is 1.05 bits per heavy atom. The summed E-state index contributed by atoms with van der Waals surface area (Å²) in [5, 5.41) is 10.2. The number of rotatable bonds is 5. The fourth-order valence-electron chi connectivity index (χ4n) is 2.16. The Hall–Kier alpha value is -1.84. The molecule has 3 heteroatoms. The van der Waals surface area contributed by atoms with Crippen LogP contribution in [0.5, 0.6) is 5.75 Å². The molecule has 3 N–H and O–H groups in total. The summed E-state index contributed by atoms with van der Waals surface area (Å²) in [5.74, 6) is 0.852. The van der Waals surface area contributed by atoms with Crippen LogP contribution in [0.15, 0.2) is 42.5 Å². The third-order valence-corrected chi connectivity index (χ3v) is 3.39. The average Bonchev–Trinajstić information content (AvgIpc) is 2.46. The second kappa shape index (κ2) is 6.55. The van der Waals surface area contributed by atoms with Crippen molar-refractivity contribution in [3.8, 4) is 5.75 Å². The third kappa shape index (κ3) is 3.38. The Morgan fingerprint density at radius 3 is 2.20 bits per heavy atom. The number of hydrogen-bond acceptors (Lipinski definition) is 3. The van der Waals surface area contributed by atoms with Gasteiger partial charge in [-0.2, -0.15) is 0 Å². The van der Waals surface area contributed by atoms with Crippen LogP contribution in [-0.4, -0.2) is 11.7 Å². The predicted octanol–water partition coefficient (Wildman–Crippen LogP) is 2.87. The lowest BCUT2D eigenvalue weighted by Gasteiger charge is -2.16. The van der Waals surface area contributed by atoms with E-state index in [-0.39, 0.29) is 6.61 Å². The first-order valence-electron chi connectivity index (χ1n) is 6.78. The molecule has 0 saturated heterocycles. The number of nitrogens with two attached hydrogens (primary N) is 1. The number of aliphatic hydroxyl groups is 1. The fourth-order valence-corrected chi connectivity index (χ4v) is 2.16. The van der Waals surface area contributed by atoms with Crippen LogP contribution in [0.2, 0.25) is 0 Å². The van der Waals surface area contributed by atoms with Crippen LogP contribution < -0.4 is 10.5 Å². The summed E-state index contributed by atoms with van der Waals surface area (Å²) in [5.41, 5.74) is 9.61. The van der Waals surface area contributed by atoms with Crippen molar-refractivity contribution < 1.29 is 9.84 Å². The Kier molecular flexibility index (Phi) is 4.77. The lowest BCUT2D eigenvalue weighted by molar-refractivity contribution is 0.107. The molecule has 0 amide bonds. The van der Waals surface area contributed by atoms with Gasteiger partial charge in [-0.25, -0.2) is 0 Å². The minimum atomic E-state index is -0.638. The maximum absolute atomic E-state index is 10.2. The predicted molar refractivity (Wildman–Crippen MR) is 80.7 cm³/mol. The van der Waals surface area contributed by atoms with E-state index in [1.165, 1.54) is 0 Å². The fraction of sp³-hybridized carbons (Fsp3) is 0.294. The van der Waals surface area contributed by atoms with Gasteiger partial charge in [-0.1, -0.05) is 42.5 Å². The first-order chi connectivity index (χ1) is 9.61. The highest BCUT2D eigenvalue weighted by atomic mass is 16.5. The van der Waals surface area contributed by atoms with Crippen LogP contribution in [0.3, 0.4) is 0 Å². The first-order valence-corrected chi connectivity index (χ1v) is 6.78. The summed E-state index contributed by atoms with van der Waals surface area (Å²) in [6.07, 6.45) is -0.638. The van der Waals surface area contributed by atoms with Gasteiger partial charge in [-0.15, -0.1) is 0 Å². The molecule has 0 saturated carbocycles. The van der Waals surface area contributed by atoms with E-state index in [4.69, 9.17) is 10.5 Å². The lowest BCUT2D eigenvalue weighted by Crippen LogP contribution is -2.11. The molecule has 20 heavy (non-hydrogen) atoms. The molecule has 0 heterocycles. The molecule has 2 rings (SSSR count). The van der Waals surface area contributed by atoms with Crippen LogP contribution >= 0.6 is 0 Å². The van der Waals surface area contributed by atoms with E-state index >= 15 is 0 Å². The van der Waals surface area contributed by atoms with Gasteiger partial charge in [-0.05, 0) is 36.1 Å². The molecule has 106 valence electrons. The van der Waals surface area contributed by atoms with Crippen molar-refractivity contribution in [3.05, 3.63) is 64.7 Å². The van der Waals surface area contributed by atoms with E-state index < -0.39 is 6.10 Å². The zero-order valence-electron chi connectivity index (χ0n) is 12.0. The number of hydrogen-bond donors (Lipinski definition) is 2. The minimum Gasteiger partial charge on any atom is -0.490 e. The van der Waals surface area contributed by atoms with Crippen LogP contribution in [-0.2, 0) is 6.54 Å². The number of benzene rings is 2. The SMILES string of the molecule is Cc1cccc(C)c1OCC(O)c1ccc(CN)cc1. The zero-order valence-corrected chi connectivity index (χ0v) is 12.0. The van der Waals surface area contributed by atoms with Crippen molar-refractivity contribution in [2.45, 2.75) is 26.5 Å². The molecular weight excluding hydrogens is 250 g/mol. The molecule has 0 fully saturated rings. The summed E-state index contributed by atoms with van der Waals surface area (Å²) in [4.78, 5) is 0. The second-order valence-corrected chi connectivity index (χ2v) is 4.99. The van der Waals surface area contributed by atoms with E-state index in [0.717, 1.165) is 28.0 Å². The molecule has 0 radical (unpaired) electrons. The molecule has 2 aromatic rings. The van der Waals surface area contributed by atoms with Crippen LogP contribution in [0.1, 0.15) is 28.4 Å². The Bertz CT molecular complexity index is 543. The van der Waals surface area contributed by atoms with Gasteiger partial charge in [-0.3, -0.25) is 0 Å². The summed E-state index contributed by atoms with van der Waals surface area (Å²) in [6.45, 7) is 4.76. The van der Waals surface area contributed by atoms with Gasteiger partial charge in [0.15, 0.2) is 0 Å². The van der Waals surface area contributed by atoms with Crippen molar-refractivity contribution in [3.63, 3.8) is 0 Å². The van der Waals surface area contributed by atoms with Crippen molar-refractivity contribution in [2.75, 3.05) is 6.61 Å². The number of ether oxygens (including phenoxy) is 1. The third-order valence-electron chi connectivity index (χ3n) is 3.39. The van der Waals surface area contributed by atoms with Gasteiger partial charge in [0.1, 0.15) is 18.5 Å². The molecule has 1 atom stereocenters. The summed E-state index contributed by atoms with van der Waals surface area (Å²) < 4.78 is 5.77. The molecule has 1 unspecified atom stereocenters. The van der Waals surface area contributed by atoms with Crippen LogP contribution in [0.4, 0.5) is 0 Å². The molecular formula is C17H21NO2. The molecule has 0 aromatic heterocycles. The number of aryl methyl sites for hydroxylation is 2. The highest BCUT2D eigenvalue weighted by molar-refractivity contribution is 5.39. The molecule has 0 aliphatic heterocycles. The summed E-state index contributed by atoms with van der Waals surface area (Å²) in [6, 6.07) is 13.6. The highest BCUT2D eigenvalue weighted by Gasteiger charge is 2.10. The van der Waals surface area contributed by atoms with Gasteiger partial charge in [0, 0.05) is 6.54 Å². The standard InChI is InChI=1S/C17H21NO2/c1-12-4-3-5-13(2)17(12)20-11-16(19)15-8-6-14(10-18)7-9-15/h3-9,16,19H,10-11,18H2,1-2H3. The van der Waals surface area contributed by atoms with Gasteiger partial charge in [0.25, 0.3) is 0 Å². The highest BCUT2D eigenvalue weighted by Crippen LogP contribution is 2.24. The van der Waals surface area contributed by atoms with Crippen LogP contribution in [0.25, 0.3) is 0 Å². The maximum Gasteiger partial charge on any atom is 0.125 e. The van der Waals surface area contributed by atoms with E-state index in [1.807, 2.05) is 56.3 Å². The van der Waals surface area contributed by atoms with Gasteiger partial charge >= 0.3 is 0 Å². The molecule has 0 aliphatic rings. The number of para-hydroxylation sites is 1. The topological polar surface area (TPSA) is 55.5 Å². The van der Waals surface area contributed by atoms with Crippen LogP contribution in [0, 0.1) is 13.8 Å². The average molecular weight is 271 g/mol. The van der Waals surface area contributed by atoms with Gasteiger partial charge in [0.05, 0.1) is 0 Å². The first kappa shape index (κ1) is 14.6. The largest absolute Gasteiger partial charge is 0.490 e.